The first kappa shape index (κ1) is 114. The highest BCUT2D eigenvalue weighted by Gasteiger charge is 2.31. The van der Waals surface area contributed by atoms with Crippen LogP contribution in [0.2, 0.25) is 0 Å². The van der Waals surface area contributed by atoms with Crippen LogP contribution in [-0.4, -0.2) is 234 Å². The summed E-state index contributed by atoms with van der Waals surface area (Å²) in [4.78, 5) is 186. The van der Waals surface area contributed by atoms with E-state index in [1.165, 1.54) is 55.1 Å². The van der Waals surface area contributed by atoms with Gasteiger partial charge in [-0.2, -0.15) is 18.2 Å². The fraction of sp³-hybridized carbons (Fsp3) is 0.404. The van der Waals surface area contributed by atoms with Crippen LogP contribution >= 0.6 is 0 Å². The fourth-order valence-corrected chi connectivity index (χ4v) is 17.8. The molecule has 46 heteroatoms. The molecule has 0 aliphatic carbocycles. The highest BCUT2D eigenvalue weighted by molar-refractivity contribution is 7.89. The van der Waals surface area contributed by atoms with Gasteiger partial charge in [0.15, 0.2) is 11.9 Å². The number of hydrogen-bond acceptors (Lipinski definition) is 27. The molecule has 19 N–H and O–H groups in total. The third-order valence-electron chi connectivity index (χ3n) is 22.7. The summed E-state index contributed by atoms with van der Waals surface area (Å²) in [5.41, 5.74) is 9.75. The summed E-state index contributed by atoms with van der Waals surface area (Å²) in [5, 5.41) is 58.0. The molecule has 0 radical (unpaired) electrons. The maximum atomic E-state index is 13.9. The second-order valence-electron chi connectivity index (χ2n) is 34.2. The van der Waals surface area contributed by atoms with Gasteiger partial charge in [-0.05, 0) is 175 Å². The van der Waals surface area contributed by atoms with Crippen LogP contribution in [0.1, 0.15) is 178 Å². The summed E-state index contributed by atoms with van der Waals surface area (Å²) < 4.78 is 76.2. The number of fused-ring (bicyclic) bond motifs is 2. The molecule has 9 amide bonds. The van der Waals surface area contributed by atoms with E-state index in [-0.39, 0.29) is 151 Å². The minimum Gasteiger partial charge on any atom is -0.480 e. The molecule has 0 fully saturated rings. The molecule has 5 heterocycles. The molecule has 0 aliphatic rings. The molecule has 5 aromatic carbocycles. The Labute approximate surface area is 838 Å². The summed E-state index contributed by atoms with van der Waals surface area (Å²) in [7, 11) is -8.84. The monoisotopic (exact) mass is 2040 g/mol. The quantitative estimate of drug-likeness (QED) is 0.00899. The van der Waals surface area contributed by atoms with Crippen molar-refractivity contribution < 1.29 is 93.8 Å². The van der Waals surface area contributed by atoms with Gasteiger partial charge in [0.25, 0.3) is 27.8 Å². The van der Waals surface area contributed by atoms with E-state index in [0.29, 0.717) is 137 Å². The smallest absolute Gasteiger partial charge is 0.323 e. The van der Waals surface area contributed by atoms with Crippen molar-refractivity contribution >= 4 is 131 Å². The summed E-state index contributed by atoms with van der Waals surface area (Å²) in [6.07, 6.45) is 15.0. The number of aromatic nitrogens is 7. The number of imidazole rings is 2. The number of hydrazone groups is 1. The van der Waals surface area contributed by atoms with Crippen LogP contribution in [0.4, 0.5) is 17.7 Å². The minimum atomic E-state index is -4.48. The average Bonchev–Trinajstić information content (AvgIpc) is 0.874. The van der Waals surface area contributed by atoms with Crippen LogP contribution in [0, 0.1) is 41.5 Å². The van der Waals surface area contributed by atoms with E-state index in [9.17, 15) is 93.9 Å². The number of nitrogens with one attached hydrogen (secondary N) is 16. The number of aryl methyl sites for hydroxylation is 8. The van der Waals surface area contributed by atoms with Crippen molar-refractivity contribution in [2.45, 2.75) is 193 Å². The molecule has 0 saturated carbocycles. The lowest BCUT2D eigenvalue weighted by molar-refractivity contribution is -0.140. The molecule has 778 valence electrons. The zero-order valence-electron chi connectivity index (χ0n) is 82.2. The zero-order chi connectivity index (χ0) is 105. The highest BCUT2D eigenvalue weighted by Crippen LogP contribution is 2.25. The Kier molecular flexibility index (Phi) is 44.9. The van der Waals surface area contributed by atoms with E-state index in [1.54, 1.807) is 110 Å². The number of likely N-dealkylation sites (N-methyl/N-ethyl adjacent to an activating group) is 1. The Balaban J connectivity index is 0.000000363. The lowest BCUT2D eigenvalue weighted by atomic mass is 9.99. The summed E-state index contributed by atoms with van der Waals surface area (Å²) in [6, 6.07) is 22.3. The Morgan fingerprint density at radius 2 is 0.966 bits per heavy atom. The van der Waals surface area contributed by atoms with Crippen molar-refractivity contribution in [3.8, 4) is 0 Å². The number of aromatic amines is 2. The van der Waals surface area contributed by atoms with Gasteiger partial charge in [-0.25, -0.2) is 23.4 Å². The van der Waals surface area contributed by atoms with E-state index < -0.39 is 91.2 Å². The van der Waals surface area contributed by atoms with Gasteiger partial charge in [-0.15, -0.1) is 0 Å². The lowest BCUT2D eigenvalue weighted by Crippen LogP contribution is -2.49. The Hall–Kier alpha value is -15.0. The number of carboxylic acids is 2. The molecule has 3 unspecified atom stereocenters. The first-order chi connectivity index (χ1) is 69.4. The number of aliphatic carboxylic acids is 2. The number of H-pyrrole nitrogens is 2. The molecule has 10 aromatic rings. The molecule has 44 nitrogen and oxygen atoms in total. The molecule has 10 rings (SSSR count). The largest absolute Gasteiger partial charge is 0.480 e. The van der Waals surface area contributed by atoms with Crippen LogP contribution in [0.25, 0.3) is 21.8 Å². The van der Waals surface area contributed by atoms with Crippen LogP contribution in [0.5, 0.6) is 0 Å². The number of benzene rings is 5. The number of amides is 9. The minimum absolute atomic E-state index is 0.00101. The van der Waals surface area contributed by atoms with E-state index in [2.05, 4.69) is 104 Å². The molecule has 3 atom stereocenters. The topological polar surface area (TPSA) is 630 Å². The maximum absolute atomic E-state index is 13.9. The Morgan fingerprint density at radius 1 is 0.503 bits per heavy atom. The molecule has 0 saturated heterocycles. The van der Waals surface area contributed by atoms with Crippen molar-refractivity contribution in [2.24, 2.45) is 5.10 Å². The van der Waals surface area contributed by atoms with Crippen molar-refractivity contribution in [1.82, 2.24) is 91.9 Å². The number of ether oxygens (including phenoxy) is 2. The van der Waals surface area contributed by atoms with E-state index in [0.717, 1.165) is 45.4 Å². The van der Waals surface area contributed by atoms with Gasteiger partial charge < -0.3 is 97.3 Å². The number of hydrogen-bond donors (Lipinski definition) is 19. The second kappa shape index (κ2) is 57.4. The van der Waals surface area contributed by atoms with Crippen LogP contribution in [-0.2, 0) is 101 Å². The predicted octanol–water partition coefficient (Wildman–Crippen LogP) is 6.00. The van der Waals surface area contributed by atoms with Crippen molar-refractivity contribution in [1.29, 1.82) is 0 Å². The number of sulfonamides is 1. The van der Waals surface area contributed by atoms with Crippen LogP contribution in [0.3, 0.4) is 0 Å². The Bertz CT molecular complexity index is 6510. The molecular formula is C99H128N22O22S2. The summed E-state index contributed by atoms with van der Waals surface area (Å²) in [6.45, 7) is 19.0. The van der Waals surface area contributed by atoms with Crippen LogP contribution in [0.15, 0.2) is 165 Å². The van der Waals surface area contributed by atoms with Crippen molar-refractivity contribution in [2.75, 3.05) is 94.8 Å². The number of rotatable bonds is 59. The molecule has 0 spiro atoms. The van der Waals surface area contributed by atoms with E-state index >= 15 is 0 Å². The average molecular weight is 2040 g/mol. The predicted molar refractivity (Wildman–Crippen MR) is 544 cm³/mol. The van der Waals surface area contributed by atoms with Gasteiger partial charge in [0.05, 0.1) is 27.7 Å². The third-order valence-corrected chi connectivity index (χ3v) is 25.4. The normalized spacial score (nSPS) is 12.0. The maximum Gasteiger partial charge on any atom is 0.323 e. The van der Waals surface area contributed by atoms with Gasteiger partial charge in [0, 0.05) is 203 Å². The number of anilines is 3. The first-order valence-corrected chi connectivity index (χ1v) is 50.4. The molecule has 0 aliphatic heterocycles. The molecule has 0 bridgehead atoms. The Morgan fingerprint density at radius 3 is 1.41 bits per heavy atom. The fourth-order valence-electron chi connectivity index (χ4n) is 15.5. The van der Waals surface area contributed by atoms with Gasteiger partial charge in [-0.3, -0.25) is 77.6 Å². The van der Waals surface area contributed by atoms with E-state index in [4.69, 9.17) is 9.47 Å². The van der Waals surface area contributed by atoms with Crippen molar-refractivity contribution in [3.63, 3.8) is 0 Å². The number of carbonyl (C=O) groups is 11. The number of carboxylic acid groups (broad SMARTS) is 2. The summed E-state index contributed by atoms with van der Waals surface area (Å²) in [5.74, 6) is -5.65. The third kappa shape index (κ3) is 36.7. The first-order valence-electron chi connectivity index (χ1n) is 47.5. The van der Waals surface area contributed by atoms with Gasteiger partial charge in [0.2, 0.25) is 56.3 Å². The van der Waals surface area contributed by atoms with Gasteiger partial charge in [0.1, 0.15) is 40.0 Å². The van der Waals surface area contributed by atoms with Gasteiger partial charge in [-0.1, -0.05) is 72.6 Å². The number of pyridine rings is 3. The second-order valence-corrected chi connectivity index (χ2v) is 37.3. The number of nitrogens with zero attached hydrogens (tertiary/aromatic N) is 6. The zero-order valence-corrected chi connectivity index (χ0v) is 83.8. The van der Waals surface area contributed by atoms with Gasteiger partial charge >= 0.3 is 11.9 Å². The van der Waals surface area contributed by atoms with Crippen LogP contribution < -0.4 is 84.8 Å². The molecule has 145 heavy (non-hydrogen) atoms. The molecule has 5 aromatic heterocycles. The summed E-state index contributed by atoms with van der Waals surface area (Å²) >= 11 is 0. The van der Waals surface area contributed by atoms with E-state index in [1.807, 2.05) is 45.9 Å². The molecular weight excluding hydrogens is 1910 g/mol. The number of carbonyl (C=O) groups excluding carboxylic acids is 9. The SMILES string of the molecule is CCCOCCCNC(=O)CCC(=O)NCCCn1cc(C(=O)NCC(NCc2c(C)cc(C)cc2C)C(=O)O)c(=O)c2ccc(CNc3ncc[nH]3)cc21.CCNC(=O)C(CCC(=O)NCCCOCCCNC(=O)CCC(=O)NCCCn1cc(C(=O)NCC(NS(=O)(=O)c2c(C)cc(C)cc2C)C(=O)O)c(=O)c2ccc(CNc3ncc[nH]3)cc21)NC(=O)c1ccc(N/N=C/c2ccccc2S(=O)(=O)O)nc1. The van der Waals surface area contributed by atoms with Crippen molar-refractivity contribution in [3.05, 3.63) is 233 Å². The lowest BCUT2D eigenvalue weighted by Gasteiger charge is -2.19. The highest BCUT2D eigenvalue weighted by atomic mass is 32.2. The standard InChI is InChI=1S/C59H74N14O15S2.C40H54N8O7/c1-5-60-57(80)45(70-55(78)42-14-17-49(66-33-42)71-69-34-41-11-6-7-12-48(41)90(85,86)87)16-18-50(74)62-22-9-27-88-28-10-23-63-52(76)20-19-51(75)61-21-8-26-73-36-44(53(77)43-15-13-40(31-47(43)73)32-68-59-64-24-25-65-59)56(79)67-35-46(58(81)82)72-89(83,84)54-38(3)29-37(2)30-39(54)4;1-5-17-55-18-7-13-42-36(50)11-10-35(49)41-12-6-16-48-25-32(37(51)30-9-8-29(21-34(30)48)22-47-40-43-14-15-44-40)38(52)46-24-33(39(53)54)45-23-31-27(3)19-26(2)20-28(31)4/h6-7,11-15,17,24-25,29-31,33-34,36,45-46,72H,5,8-10,16,18-23,26-28,32,35H2,1-4H3,(H,60,80)(H,61,75)(H,62,74)(H,63,76)(H,66,71)(H,67,79)(H,70,78)(H,81,82)(H2,64,65,68)(H,85,86,87);8-9,14-15,19-21,25,33,45H,5-7,10-13,16-18,22-24H2,1-4H3,(H,41,49)(H,42,50)(H,46,52)(H,53,54)(H2,43,44,47)/b69-34+;.